The first-order valence-electron chi connectivity index (χ1n) is 6.95. The largest absolute Gasteiger partial charge is 0.493 e. The van der Waals surface area contributed by atoms with Gasteiger partial charge in [-0.1, -0.05) is 12.2 Å². The predicted octanol–water partition coefficient (Wildman–Crippen LogP) is 2.40. The second-order valence-corrected chi connectivity index (χ2v) is 5.45. The highest BCUT2D eigenvalue weighted by Crippen LogP contribution is 2.34. The van der Waals surface area contributed by atoms with Crippen LogP contribution in [0.5, 0.6) is 11.5 Å². The lowest BCUT2D eigenvalue weighted by molar-refractivity contribution is 0.355. The fourth-order valence-corrected chi connectivity index (χ4v) is 2.61. The van der Waals surface area contributed by atoms with E-state index in [1.165, 1.54) is 0 Å². The van der Waals surface area contributed by atoms with Crippen molar-refractivity contribution in [3.05, 3.63) is 36.7 Å². The van der Waals surface area contributed by atoms with Gasteiger partial charge in [-0.05, 0) is 12.1 Å². The Bertz CT molecular complexity index is 861. The van der Waals surface area contributed by atoms with E-state index in [4.69, 9.17) is 32.4 Å². The van der Waals surface area contributed by atoms with Crippen molar-refractivity contribution in [2.24, 2.45) is 5.73 Å². The van der Waals surface area contributed by atoms with Crippen LogP contribution in [-0.2, 0) is 6.54 Å². The van der Waals surface area contributed by atoms with Gasteiger partial charge >= 0.3 is 0 Å². The van der Waals surface area contributed by atoms with Gasteiger partial charge in [0.2, 0.25) is 0 Å². The monoisotopic (exact) mass is 328 g/mol. The average Bonchev–Trinajstić information content (AvgIpc) is 2.91. The number of thiocarbonyl (C=S) groups is 1. The van der Waals surface area contributed by atoms with Gasteiger partial charge in [-0.2, -0.15) is 0 Å². The third kappa shape index (κ3) is 2.83. The second kappa shape index (κ2) is 6.21. The van der Waals surface area contributed by atoms with Crippen LogP contribution in [0.4, 0.5) is 0 Å². The highest BCUT2D eigenvalue weighted by molar-refractivity contribution is 7.80. The number of hydrogen-bond acceptors (Lipinski definition) is 5. The molecule has 0 saturated carbocycles. The molecule has 0 atom stereocenters. The van der Waals surface area contributed by atoms with E-state index in [0.717, 1.165) is 22.4 Å². The van der Waals surface area contributed by atoms with E-state index in [1.807, 2.05) is 28.8 Å². The zero-order chi connectivity index (χ0) is 16.4. The van der Waals surface area contributed by atoms with E-state index in [2.05, 4.69) is 4.98 Å². The Morgan fingerprint density at radius 3 is 2.61 bits per heavy atom. The van der Waals surface area contributed by atoms with Crippen molar-refractivity contribution < 1.29 is 9.47 Å². The molecule has 0 aliphatic rings. The maximum atomic E-state index is 5.76. The summed E-state index contributed by atoms with van der Waals surface area (Å²) in [6, 6.07) is 7.52. The SMILES string of the molecule is COc1cc2nc(-c3cccnc3)n(CC(N)=S)c2cc1OC. The summed E-state index contributed by atoms with van der Waals surface area (Å²) in [6.07, 6.45) is 3.47. The average molecular weight is 328 g/mol. The molecular weight excluding hydrogens is 312 g/mol. The smallest absolute Gasteiger partial charge is 0.163 e. The van der Waals surface area contributed by atoms with E-state index in [0.29, 0.717) is 23.0 Å². The van der Waals surface area contributed by atoms with Gasteiger partial charge in [-0.25, -0.2) is 4.98 Å². The van der Waals surface area contributed by atoms with Crippen molar-refractivity contribution in [3.8, 4) is 22.9 Å². The zero-order valence-electron chi connectivity index (χ0n) is 12.8. The van der Waals surface area contributed by atoms with E-state index in [-0.39, 0.29) is 0 Å². The number of nitrogens with zero attached hydrogens (tertiary/aromatic N) is 3. The highest BCUT2D eigenvalue weighted by Gasteiger charge is 2.16. The lowest BCUT2D eigenvalue weighted by atomic mass is 10.2. The topological polar surface area (TPSA) is 75.2 Å². The van der Waals surface area contributed by atoms with Crippen molar-refractivity contribution in [2.45, 2.75) is 6.54 Å². The molecule has 23 heavy (non-hydrogen) atoms. The number of pyridine rings is 1. The molecule has 2 aromatic heterocycles. The number of rotatable bonds is 5. The number of fused-ring (bicyclic) bond motifs is 1. The Morgan fingerprint density at radius 1 is 1.26 bits per heavy atom. The van der Waals surface area contributed by atoms with Crippen LogP contribution in [-0.4, -0.2) is 33.7 Å². The van der Waals surface area contributed by atoms with E-state index < -0.39 is 0 Å². The quantitative estimate of drug-likeness (QED) is 0.725. The summed E-state index contributed by atoms with van der Waals surface area (Å²) in [6.45, 7) is 0.381. The van der Waals surface area contributed by atoms with Crippen LogP contribution in [0, 0.1) is 0 Å². The number of imidazole rings is 1. The molecule has 0 saturated heterocycles. The van der Waals surface area contributed by atoms with Gasteiger partial charge in [0.25, 0.3) is 0 Å². The van der Waals surface area contributed by atoms with Crippen LogP contribution in [0.15, 0.2) is 36.7 Å². The Balaban J connectivity index is 2.29. The number of aromatic nitrogens is 3. The van der Waals surface area contributed by atoms with Crippen LogP contribution >= 0.6 is 12.2 Å². The van der Waals surface area contributed by atoms with Gasteiger partial charge in [0.05, 0.1) is 36.8 Å². The summed E-state index contributed by atoms with van der Waals surface area (Å²) in [7, 11) is 3.19. The van der Waals surface area contributed by atoms with Crippen molar-refractivity contribution in [1.29, 1.82) is 0 Å². The Kier molecular flexibility index (Phi) is 4.12. The summed E-state index contributed by atoms with van der Waals surface area (Å²) >= 11 is 5.08. The first-order valence-corrected chi connectivity index (χ1v) is 7.36. The Morgan fingerprint density at radius 2 is 2.00 bits per heavy atom. The molecule has 0 unspecified atom stereocenters. The maximum Gasteiger partial charge on any atom is 0.163 e. The lowest BCUT2D eigenvalue weighted by Crippen LogP contribution is -2.17. The number of hydrogen-bond donors (Lipinski definition) is 1. The number of ether oxygens (including phenoxy) is 2. The molecule has 3 rings (SSSR count). The molecule has 0 aliphatic carbocycles. The molecule has 0 amide bonds. The number of benzene rings is 1. The van der Waals surface area contributed by atoms with Crippen LogP contribution in [0.1, 0.15) is 0 Å². The summed E-state index contributed by atoms with van der Waals surface area (Å²) in [5, 5.41) is 0. The van der Waals surface area contributed by atoms with Crippen LogP contribution in [0.25, 0.3) is 22.4 Å². The van der Waals surface area contributed by atoms with Crippen molar-refractivity contribution in [2.75, 3.05) is 14.2 Å². The lowest BCUT2D eigenvalue weighted by Gasteiger charge is -2.10. The Hall–Kier alpha value is -2.67. The Labute approximate surface area is 138 Å². The van der Waals surface area contributed by atoms with Gasteiger partial charge in [-0.3, -0.25) is 4.98 Å². The maximum absolute atomic E-state index is 5.76. The molecule has 3 aromatic rings. The molecule has 2 N–H and O–H groups in total. The van der Waals surface area contributed by atoms with E-state index in [1.54, 1.807) is 26.6 Å². The first kappa shape index (κ1) is 15.2. The van der Waals surface area contributed by atoms with Gasteiger partial charge in [0.1, 0.15) is 5.82 Å². The third-order valence-electron chi connectivity index (χ3n) is 3.49. The van der Waals surface area contributed by atoms with Crippen LogP contribution < -0.4 is 15.2 Å². The molecule has 0 bridgehead atoms. The molecule has 6 nitrogen and oxygen atoms in total. The number of nitrogens with two attached hydrogens (primary N) is 1. The summed E-state index contributed by atoms with van der Waals surface area (Å²) < 4.78 is 12.7. The second-order valence-electron chi connectivity index (χ2n) is 4.93. The molecular formula is C16H16N4O2S. The summed E-state index contributed by atoms with van der Waals surface area (Å²) in [4.78, 5) is 9.22. The van der Waals surface area contributed by atoms with Gasteiger partial charge in [0, 0.05) is 30.1 Å². The van der Waals surface area contributed by atoms with Gasteiger partial charge < -0.3 is 19.8 Å². The van der Waals surface area contributed by atoms with Gasteiger partial charge in [-0.15, -0.1) is 0 Å². The minimum atomic E-state index is 0.379. The van der Waals surface area contributed by atoms with Crippen molar-refractivity contribution >= 4 is 28.2 Å². The third-order valence-corrected chi connectivity index (χ3v) is 3.62. The summed E-state index contributed by atoms with van der Waals surface area (Å²) in [5.41, 5.74) is 8.29. The standard InChI is InChI=1S/C16H16N4O2S/c1-21-13-6-11-12(7-14(13)22-2)20(9-15(17)23)16(19-11)10-4-3-5-18-8-10/h3-8H,9H2,1-2H3,(H2,17,23). The van der Waals surface area contributed by atoms with Gasteiger partial charge in [0.15, 0.2) is 11.5 Å². The number of methoxy groups -OCH3 is 2. The minimum Gasteiger partial charge on any atom is -0.493 e. The fraction of sp³-hybridized carbons (Fsp3) is 0.188. The molecule has 0 aliphatic heterocycles. The van der Waals surface area contributed by atoms with Crippen molar-refractivity contribution in [1.82, 2.24) is 14.5 Å². The molecule has 2 heterocycles. The van der Waals surface area contributed by atoms with E-state index >= 15 is 0 Å². The molecule has 0 fully saturated rings. The normalized spacial score (nSPS) is 10.7. The first-order chi connectivity index (χ1) is 11.1. The molecule has 7 heteroatoms. The fourth-order valence-electron chi connectivity index (χ4n) is 2.48. The molecule has 1 aromatic carbocycles. The predicted molar refractivity (Wildman–Crippen MR) is 92.9 cm³/mol. The molecule has 118 valence electrons. The minimum absolute atomic E-state index is 0.379. The summed E-state index contributed by atoms with van der Waals surface area (Å²) in [5.74, 6) is 2.00. The van der Waals surface area contributed by atoms with E-state index in [9.17, 15) is 0 Å². The van der Waals surface area contributed by atoms with Crippen LogP contribution in [0.3, 0.4) is 0 Å². The van der Waals surface area contributed by atoms with Crippen molar-refractivity contribution in [3.63, 3.8) is 0 Å². The molecule has 0 radical (unpaired) electrons. The van der Waals surface area contributed by atoms with Crippen LogP contribution in [0.2, 0.25) is 0 Å². The highest BCUT2D eigenvalue weighted by atomic mass is 32.1. The zero-order valence-corrected chi connectivity index (χ0v) is 13.6. The molecule has 0 spiro atoms.